The highest BCUT2D eigenvalue weighted by atomic mass is 16.1. The monoisotopic (exact) mass is 350 g/mol. The van der Waals surface area contributed by atoms with Crippen LogP contribution in [0, 0.1) is 11.3 Å². The van der Waals surface area contributed by atoms with Gasteiger partial charge in [-0.05, 0) is 29.8 Å². The Morgan fingerprint density at radius 2 is 1.63 bits per heavy atom. The molecule has 128 valence electrons. The minimum atomic E-state index is -0.232. The highest BCUT2D eigenvalue weighted by Gasteiger charge is 2.11. The Bertz CT molecular complexity index is 1230. The molecule has 0 aliphatic rings. The average molecular weight is 350 g/mol. The third-order valence-electron chi connectivity index (χ3n) is 4.15. The quantitative estimate of drug-likeness (QED) is 0.527. The Balaban J connectivity index is 1.89. The molecule has 1 heterocycles. The van der Waals surface area contributed by atoms with E-state index in [1.165, 1.54) is 4.68 Å². The molecule has 0 amide bonds. The lowest BCUT2D eigenvalue weighted by atomic mass is 10.2. The van der Waals surface area contributed by atoms with Crippen molar-refractivity contribution in [1.29, 1.82) is 5.26 Å². The highest BCUT2D eigenvalue weighted by Crippen LogP contribution is 2.18. The predicted octanol–water partition coefficient (Wildman–Crippen LogP) is 3.82. The molecule has 0 atom stereocenters. The molecule has 27 heavy (non-hydrogen) atoms. The van der Waals surface area contributed by atoms with E-state index in [0.717, 1.165) is 11.1 Å². The molecule has 0 radical (unpaired) electrons. The summed E-state index contributed by atoms with van der Waals surface area (Å²) in [4.78, 5) is 17.7. The van der Waals surface area contributed by atoms with Gasteiger partial charge < -0.3 is 0 Å². The molecule has 0 saturated carbocycles. The van der Waals surface area contributed by atoms with E-state index in [-0.39, 0.29) is 5.56 Å². The van der Waals surface area contributed by atoms with Crippen LogP contribution < -0.4 is 5.56 Å². The Morgan fingerprint density at radius 3 is 2.37 bits per heavy atom. The standard InChI is InChI=1S/C22H14N4O/c23-14-16-10-12-17(13-11-16)15-24-26-21(18-6-2-1-3-7-18)25-20-9-5-4-8-19(20)22(26)27/h1-13,15H. The zero-order valence-electron chi connectivity index (χ0n) is 14.3. The van der Waals surface area contributed by atoms with Crippen LogP contribution in [-0.4, -0.2) is 15.9 Å². The third-order valence-corrected chi connectivity index (χ3v) is 4.15. The van der Waals surface area contributed by atoms with Gasteiger partial charge in [-0.3, -0.25) is 4.79 Å². The maximum absolute atomic E-state index is 13.0. The maximum atomic E-state index is 13.0. The van der Waals surface area contributed by atoms with Crippen LogP contribution in [0.2, 0.25) is 0 Å². The van der Waals surface area contributed by atoms with Gasteiger partial charge in [0.25, 0.3) is 5.56 Å². The molecule has 0 unspecified atom stereocenters. The van der Waals surface area contributed by atoms with Crippen molar-refractivity contribution in [2.75, 3.05) is 0 Å². The zero-order valence-corrected chi connectivity index (χ0v) is 14.3. The van der Waals surface area contributed by atoms with Crippen LogP contribution in [0.25, 0.3) is 22.3 Å². The summed E-state index contributed by atoms with van der Waals surface area (Å²) >= 11 is 0. The second-order valence-electron chi connectivity index (χ2n) is 5.91. The van der Waals surface area contributed by atoms with Gasteiger partial charge in [-0.15, -0.1) is 0 Å². The second-order valence-corrected chi connectivity index (χ2v) is 5.91. The van der Waals surface area contributed by atoms with E-state index in [1.807, 2.05) is 48.5 Å². The topological polar surface area (TPSA) is 71.0 Å². The number of benzene rings is 3. The lowest BCUT2D eigenvalue weighted by Gasteiger charge is -2.09. The van der Waals surface area contributed by atoms with Crippen molar-refractivity contribution >= 4 is 17.1 Å². The van der Waals surface area contributed by atoms with Crippen LogP contribution >= 0.6 is 0 Å². The smallest absolute Gasteiger partial charge is 0.267 e. The van der Waals surface area contributed by atoms with Crippen LogP contribution in [-0.2, 0) is 0 Å². The normalized spacial score (nSPS) is 10.9. The molecule has 4 rings (SSSR count). The van der Waals surface area contributed by atoms with Crippen molar-refractivity contribution in [2.24, 2.45) is 5.10 Å². The van der Waals surface area contributed by atoms with Gasteiger partial charge in [0.15, 0.2) is 5.82 Å². The van der Waals surface area contributed by atoms with E-state index < -0.39 is 0 Å². The first kappa shape index (κ1) is 16.4. The zero-order chi connectivity index (χ0) is 18.6. The van der Waals surface area contributed by atoms with Crippen molar-refractivity contribution in [2.45, 2.75) is 0 Å². The fraction of sp³-hybridized carbons (Fsp3) is 0. The van der Waals surface area contributed by atoms with Crippen molar-refractivity contribution < 1.29 is 0 Å². The average Bonchev–Trinajstić information content (AvgIpc) is 2.74. The first-order valence-electron chi connectivity index (χ1n) is 8.38. The largest absolute Gasteiger partial charge is 0.282 e. The number of nitrogens with zero attached hydrogens (tertiary/aromatic N) is 4. The summed E-state index contributed by atoms with van der Waals surface area (Å²) in [7, 11) is 0. The summed E-state index contributed by atoms with van der Waals surface area (Å²) in [5, 5.41) is 13.8. The van der Waals surface area contributed by atoms with E-state index >= 15 is 0 Å². The van der Waals surface area contributed by atoms with E-state index in [2.05, 4.69) is 16.2 Å². The summed E-state index contributed by atoms with van der Waals surface area (Å²) in [5.74, 6) is 0.476. The maximum Gasteiger partial charge on any atom is 0.282 e. The summed E-state index contributed by atoms with van der Waals surface area (Å²) in [5.41, 5.74) is 2.56. The number of hydrogen-bond acceptors (Lipinski definition) is 4. The van der Waals surface area contributed by atoms with Crippen LogP contribution in [0.15, 0.2) is 88.8 Å². The van der Waals surface area contributed by atoms with E-state index in [9.17, 15) is 4.79 Å². The molecule has 1 aromatic heterocycles. The van der Waals surface area contributed by atoms with E-state index in [4.69, 9.17) is 5.26 Å². The molecule has 0 bridgehead atoms. The van der Waals surface area contributed by atoms with Crippen LogP contribution in [0.3, 0.4) is 0 Å². The molecule has 5 heteroatoms. The van der Waals surface area contributed by atoms with Gasteiger partial charge >= 0.3 is 0 Å². The Hall–Kier alpha value is -4.04. The molecule has 0 spiro atoms. The molecule has 3 aromatic carbocycles. The molecule has 0 fully saturated rings. The van der Waals surface area contributed by atoms with Gasteiger partial charge in [0.1, 0.15) is 0 Å². The molecule has 0 saturated heterocycles. The molecular formula is C22H14N4O. The summed E-state index contributed by atoms with van der Waals surface area (Å²) in [6, 6.07) is 25.8. The van der Waals surface area contributed by atoms with Crippen molar-refractivity contribution in [1.82, 2.24) is 9.66 Å². The summed E-state index contributed by atoms with van der Waals surface area (Å²) in [6.45, 7) is 0. The first-order valence-corrected chi connectivity index (χ1v) is 8.38. The van der Waals surface area contributed by atoms with Crippen molar-refractivity contribution in [3.8, 4) is 17.5 Å². The van der Waals surface area contributed by atoms with Gasteiger partial charge in [0, 0.05) is 5.56 Å². The highest BCUT2D eigenvalue weighted by molar-refractivity contribution is 5.82. The number of para-hydroxylation sites is 1. The third kappa shape index (κ3) is 3.24. The number of fused-ring (bicyclic) bond motifs is 1. The summed E-state index contributed by atoms with van der Waals surface area (Å²) in [6.07, 6.45) is 1.59. The molecule has 4 aromatic rings. The molecule has 0 aliphatic heterocycles. The molecular weight excluding hydrogens is 336 g/mol. The van der Waals surface area contributed by atoms with Gasteiger partial charge in [-0.25, -0.2) is 4.98 Å². The van der Waals surface area contributed by atoms with Gasteiger partial charge in [-0.1, -0.05) is 54.6 Å². The number of nitriles is 1. The number of rotatable bonds is 3. The van der Waals surface area contributed by atoms with Crippen molar-refractivity contribution in [3.63, 3.8) is 0 Å². The van der Waals surface area contributed by atoms with E-state index in [1.54, 1.807) is 36.5 Å². The number of hydrogen-bond donors (Lipinski definition) is 0. The lowest BCUT2D eigenvalue weighted by molar-refractivity contribution is 0.830. The van der Waals surface area contributed by atoms with E-state index in [0.29, 0.717) is 22.3 Å². The molecule has 5 nitrogen and oxygen atoms in total. The molecule has 0 N–H and O–H groups in total. The van der Waals surface area contributed by atoms with Gasteiger partial charge in [0.2, 0.25) is 0 Å². The SMILES string of the molecule is N#Cc1ccc(C=Nn2c(-c3ccccc3)nc3ccccc3c2=O)cc1. The Morgan fingerprint density at radius 1 is 0.926 bits per heavy atom. The number of aromatic nitrogens is 2. The Labute approximate surface area is 155 Å². The predicted molar refractivity (Wildman–Crippen MR) is 106 cm³/mol. The van der Waals surface area contributed by atoms with Crippen molar-refractivity contribution in [3.05, 3.63) is 100 Å². The minimum Gasteiger partial charge on any atom is -0.267 e. The fourth-order valence-corrected chi connectivity index (χ4v) is 2.77. The lowest BCUT2D eigenvalue weighted by Crippen LogP contribution is -2.20. The second kappa shape index (κ2) is 7.06. The van der Waals surface area contributed by atoms with Gasteiger partial charge in [-0.2, -0.15) is 15.0 Å². The van der Waals surface area contributed by atoms with Crippen LogP contribution in [0.5, 0.6) is 0 Å². The van der Waals surface area contributed by atoms with Crippen LogP contribution in [0.1, 0.15) is 11.1 Å². The Kier molecular flexibility index (Phi) is 4.30. The van der Waals surface area contributed by atoms with Gasteiger partial charge in [0.05, 0.1) is 28.8 Å². The minimum absolute atomic E-state index is 0.232. The molecule has 0 aliphatic carbocycles. The fourth-order valence-electron chi connectivity index (χ4n) is 2.77. The van der Waals surface area contributed by atoms with Crippen LogP contribution in [0.4, 0.5) is 0 Å². The summed E-state index contributed by atoms with van der Waals surface area (Å²) < 4.78 is 1.32. The first-order chi connectivity index (χ1) is 13.3.